The SMILES string of the molecule is N#Cc1ccc(NC(=O)c2nccc3ccccc23)nc1. The smallest absolute Gasteiger partial charge is 0.276 e. The lowest BCUT2D eigenvalue weighted by Crippen LogP contribution is -2.15. The first-order valence-corrected chi connectivity index (χ1v) is 6.29. The van der Waals surface area contributed by atoms with Crippen LogP contribution in [0, 0.1) is 11.3 Å². The molecule has 1 amide bonds. The predicted octanol–water partition coefficient (Wildman–Crippen LogP) is 2.75. The molecule has 0 spiro atoms. The molecular formula is C16H10N4O. The van der Waals surface area contributed by atoms with Crippen LogP contribution >= 0.6 is 0 Å². The Morgan fingerprint density at radius 2 is 1.95 bits per heavy atom. The second kappa shape index (κ2) is 5.39. The highest BCUT2D eigenvalue weighted by Gasteiger charge is 2.12. The number of hydrogen-bond donors (Lipinski definition) is 1. The van der Waals surface area contributed by atoms with Crippen molar-refractivity contribution in [2.75, 3.05) is 5.32 Å². The quantitative estimate of drug-likeness (QED) is 0.779. The van der Waals surface area contributed by atoms with E-state index in [2.05, 4.69) is 15.3 Å². The normalized spacial score (nSPS) is 10.0. The number of pyridine rings is 2. The van der Waals surface area contributed by atoms with Crippen LogP contribution in [-0.2, 0) is 0 Å². The minimum absolute atomic E-state index is 0.330. The molecule has 0 radical (unpaired) electrons. The molecule has 100 valence electrons. The Balaban J connectivity index is 1.92. The maximum absolute atomic E-state index is 12.3. The molecule has 0 saturated heterocycles. The van der Waals surface area contributed by atoms with Crippen molar-refractivity contribution in [2.24, 2.45) is 0 Å². The zero-order valence-electron chi connectivity index (χ0n) is 10.9. The van der Waals surface area contributed by atoms with Crippen molar-refractivity contribution in [1.82, 2.24) is 9.97 Å². The van der Waals surface area contributed by atoms with Gasteiger partial charge in [-0.15, -0.1) is 0 Å². The molecule has 0 atom stereocenters. The van der Waals surface area contributed by atoms with E-state index < -0.39 is 0 Å². The maximum atomic E-state index is 12.3. The average molecular weight is 274 g/mol. The summed E-state index contributed by atoms with van der Waals surface area (Å²) in [6.45, 7) is 0. The third kappa shape index (κ3) is 2.55. The number of benzene rings is 1. The van der Waals surface area contributed by atoms with Crippen LogP contribution in [0.1, 0.15) is 16.1 Å². The number of anilines is 1. The summed E-state index contributed by atoms with van der Waals surface area (Å²) in [5.74, 6) is 0.0535. The van der Waals surface area contributed by atoms with Gasteiger partial charge in [-0.2, -0.15) is 5.26 Å². The van der Waals surface area contributed by atoms with Crippen molar-refractivity contribution in [3.63, 3.8) is 0 Å². The largest absolute Gasteiger partial charge is 0.305 e. The molecule has 1 aromatic carbocycles. The van der Waals surface area contributed by atoms with Crippen LogP contribution in [-0.4, -0.2) is 15.9 Å². The van der Waals surface area contributed by atoms with Crippen molar-refractivity contribution < 1.29 is 4.79 Å². The first-order valence-electron chi connectivity index (χ1n) is 6.29. The molecule has 2 aromatic heterocycles. The fourth-order valence-corrected chi connectivity index (χ4v) is 2.01. The van der Waals surface area contributed by atoms with Gasteiger partial charge in [0.05, 0.1) is 5.56 Å². The molecule has 5 heteroatoms. The van der Waals surface area contributed by atoms with Crippen LogP contribution in [0.15, 0.2) is 54.9 Å². The van der Waals surface area contributed by atoms with Gasteiger partial charge in [0.25, 0.3) is 5.91 Å². The third-order valence-electron chi connectivity index (χ3n) is 3.02. The molecule has 0 aliphatic carbocycles. The maximum Gasteiger partial charge on any atom is 0.276 e. The lowest BCUT2D eigenvalue weighted by atomic mass is 10.1. The van der Waals surface area contributed by atoms with E-state index in [-0.39, 0.29) is 5.91 Å². The molecule has 3 aromatic rings. The average Bonchev–Trinajstić information content (AvgIpc) is 2.55. The Hall–Kier alpha value is -3.26. The zero-order valence-corrected chi connectivity index (χ0v) is 10.9. The highest BCUT2D eigenvalue weighted by atomic mass is 16.1. The minimum Gasteiger partial charge on any atom is -0.305 e. The molecule has 0 unspecified atom stereocenters. The molecule has 0 saturated carbocycles. The molecule has 5 nitrogen and oxygen atoms in total. The van der Waals surface area contributed by atoms with Crippen LogP contribution in [0.5, 0.6) is 0 Å². The third-order valence-corrected chi connectivity index (χ3v) is 3.02. The summed E-state index contributed by atoms with van der Waals surface area (Å²) in [5, 5.41) is 13.1. The molecule has 2 heterocycles. The van der Waals surface area contributed by atoms with Crippen LogP contribution in [0.4, 0.5) is 5.82 Å². The number of aromatic nitrogens is 2. The highest BCUT2D eigenvalue weighted by molar-refractivity contribution is 6.10. The Kier molecular flexibility index (Phi) is 3.27. The summed E-state index contributed by atoms with van der Waals surface area (Å²) >= 11 is 0. The van der Waals surface area contributed by atoms with E-state index in [9.17, 15) is 4.79 Å². The van der Waals surface area contributed by atoms with Gasteiger partial charge in [-0.1, -0.05) is 24.3 Å². The minimum atomic E-state index is -0.330. The standard InChI is InChI=1S/C16H10N4O/c17-9-11-5-6-14(19-10-11)20-16(21)15-13-4-2-1-3-12(13)7-8-18-15/h1-8,10H,(H,19,20,21). The second-order valence-electron chi connectivity index (χ2n) is 4.38. The molecular weight excluding hydrogens is 264 g/mol. The summed E-state index contributed by atoms with van der Waals surface area (Å²) < 4.78 is 0. The molecule has 0 fully saturated rings. The van der Waals surface area contributed by atoms with Gasteiger partial charge >= 0.3 is 0 Å². The van der Waals surface area contributed by atoms with Gasteiger partial charge < -0.3 is 5.32 Å². The second-order valence-corrected chi connectivity index (χ2v) is 4.38. The number of hydrogen-bond acceptors (Lipinski definition) is 4. The monoisotopic (exact) mass is 274 g/mol. The van der Waals surface area contributed by atoms with E-state index in [1.807, 2.05) is 36.4 Å². The molecule has 0 aliphatic heterocycles. The van der Waals surface area contributed by atoms with Crippen molar-refractivity contribution in [2.45, 2.75) is 0 Å². The van der Waals surface area contributed by atoms with Crippen molar-refractivity contribution in [3.8, 4) is 6.07 Å². The summed E-state index contributed by atoms with van der Waals surface area (Å²) in [5.41, 5.74) is 0.788. The number of nitriles is 1. The first-order chi connectivity index (χ1) is 10.3. The Labute approximate surface area is 120 Å². The zero-order chi connectivity index (χ0) is 14.7. The molecule has 0 aliphatic rings. The van der Waals surface area contributed by atoms with E-state index in [1.54, 1.807) is 18.3 Å². The van der Waals surface area contributed by atoms with Crippen molar-refractivity contribution in [3.05, 3.63) is 66.1 Å². The van der Waals surface area contributed by atoms with Gasteiger partial charge in [-0.05, 0) is 23.6 Å². The molecule has 21 heavy (non-hydrogen) atoms. The topological polar surface area (TPSA) is 78.7 Å². The van der Waals surface area contributed by atoms with Crippen LogP contribution in [0.2, 0.25) is 0 Å². The Bertz CT molecular complexity index is 845. The summed E-state index contributed by atoms with van der Waals surface area (Å²) in [4.78, 5) is 20.5. The fourth-order valence-electron chi connectivity index (χ4n) is 2.01. The summed E-state index contributed by atoms with van der Waals surface area (Å²) in [6, 6.07) is 14.6. The first kappa shape index (κ1) is 12.8. The lowest BCUT2D eigenvalue weighted by Gasteiger charge is -2.06. The molecule has 0 bridgehead atoms. The number of amides is 1. The van der Waals surface area contributed by atoms with Crippen LogP contribution in [0.3, 0.4) is 0 Å². The van der Waals surface area contributed by atoms with Gasteiger partial charge in [0, 0.05) is 17.8 Å². The van der Waals surface area contributed by atoms with E-state index in [0.29, 0.717) is 17.1 Å². The number of nitrogens with zero attached hydrogens (tertiary/aromatic N) is 3. The van der Waals surface area contributed by atoms with Gasteiger partial charge in [-0.3, -0.25) is 9.78 Å². The number of carbonyl (C=O) groups excluding carboxylic acids is 1. The number of carbonyl (C=O) groups is 1. The van der Waals surface area contributed by atoms with Gasteiger partial charge in [-0.25, -0.2) is 4.98 Å². The van der Waals surface area contributed by atoms with Gasteiger partial charge in [0.2, 0.25) is 0 Å². The molecule has 3 rings (SSSR count). The number of rotatable bonds is 2. The van der Waals surface area contributed by atoms with Crippen LogP contribution < -0.4 is 5.32 Å². The Morgan fingerprint density at radius 3 is 2.71 bits per heavy atom. The summed E-state index contributed by atoms with van der Waals surface area (Å²) in [7, 11) is 0. The number of nitrogens with one attached hydrogen (secondary N) is 1. The van der Waals surface area contributed by atoms with Gasteiger partial charge in [0.1, 0.15) is 17.6 Å². The fraction of sp³-hybridized carbons (Fsp3) is 0. The Morgan fingerprint density at radius 1 is 1.10 bits per heavy atom. The lowest BCUT2D eigenvalue weighted by molar-refractivity contribution is 0.102. The van der Waals surface area contributed by atoms with Crippen molar-refractivity contribution in [1.29, 1.82) is 5.26 Å². The highest BCUT2D eigenvalue weighted by Crippen LogP contribution is 2.17. The summed E-state index contributed by atoms with van der Waals surface area (Å²) in [6.07, 6.45) is 3.01. The van der Waals surface area contributed by atoms with Gasteiger partial charge in [0.15, 0.2) is 0 Å². The van der Waals surface area contributed by atoms with E-state index in [1.165, 1.54) is 6.20 Å². The molecule has 1 N–H and O–H groups in total. The number of fused-ring (bicyclic) bond motifs is 1. The van der Waals surface area contributed by atoms with E-state index in [0.717, 1.165) is 10.8 Å². The van der Waals surface area contributed by atoms with Crippen molar-refractivity contribution >= 4 is 22.5 Å². The van der Waals surface area contributed by atoms with E-state index in [4.69, 9.17) is 5.26 Å². The predicted molar refractivity (Wildman–Crippen MR) is 78.6 cm³/mol. The van der Waals surface area contributed by atoms with E-state index >= 15 is 0 Å². The van der Waals surface area contributed by atoms with Crippen LogP contribution in [0.25, 0.3) is 10.8 Å².